The van der Waals surface area contributed by atoms with Crippen molar-refractivity contribution in [3.8, 4) is 0 Å². The highest BCUT2D eigenvalue weighted by Gasteiger charge is 2.43. The number of nitrogens with zero attached hydrogens (tertiary/aromatic N) is 2. The van der Waals surface area contributed by atoms with E-state index in [1.165, 1.54) is 31.4 Å². The van der Waals surface area contributed by atoms with Gasteiger partial charge in [-0.1, -0.05) is 0 Å². The lowest BCUT2D eigenvalue weighted by atomic mass is 9.99. The van der Waals surface area contributed by atoms with Gasteiger partial charge in [-0.15, -0.1) is 0 Å². The minimum absolute atomic E-state index is 0.844. The molecule has 0 saturated heterocycles. The third-order valence-electron chi connectivity index (χ3n) is 3.19. The maximum atomic E-state index is 4.63. The molecule has 0 bridgehead atoms. The molecule has 0 N–H and O–H groups in total. The van der Waals surface area contributed by atoms with Gasteiger partial charge in [0.05, 0.1) is 0 Å². The zero-order chi connectivity index (χ0) is 8.67. The molecule has 2 nitrogen and oxygen atoms in total. The van der Waals surface area contributed by atoms with Crippen LogP contribution in [-0.2, 0) is 0 Å². The summed E-state index contributed by atoms with van der Waals surface area (Å²) in [6.07, 6.45) is 9.44. The number of hydrogen-bond donors (Lipinski definition) is 0. The van der Waals surface area contributed by atoms with Crippen molar-refractivity contribution >= 4 is 5.71 Å². The van der Waals surface area contributed by atoms with E-state index in [0.717, 1.165) is 11.8 Å². The Balaban J connectivity index is 1.84. The highest BCUT2D eigenvalue weighted by molar-refractivity contribution is 5.89. The molecule has 2 heteroatoms. The monoisotopic (exact) mass is 174 g/mol. The molecule has 2 saturated carbocycles. The van der Waals surface area contributed by atoms with Gasteiger partial charge in [0.15, 0.2) is 0 Å². The first kappa shape index (κ1) is 7.36. The third-order valence-corrected chi connectivity index (χ3v) is 3.19. The molecule has 68 valence electrons. The summed E-state index contributed by atoms with van der Waals surface area (Å²) in [6.45, 7) is 0. The van der Waals surface area contributed by atoms with Crippen molar-refractivity contribution in [1.29, 1.82) is 0 Å². The summed E-state index contributed by atoms with van der Waals surface area (Å²) in [6, 6.07) is 4.05. The molecule has 0 unspecified atom stereocenters. The normalized spacial score (nSPS) is 34.6. The predicted molar refractivity (Wildman–Crippen MR) is 52.7 cm³/mol. The average molecular weight is 174 g/mol. The second-order valence-corrected chi connectivity index (χ2v) is 4.15. The molecule has 1 aromatic rings. The van der Waals surface area contributed by atoms with Crippen LogP contribution >= 0.6 is 0 Å². The van der Waals surface area contributed by atoms with Crippen molar-refractivity contribution < 1.29 is 0 Å². The summed E-state index contributed by atoms with van der Waals surface area (Å²) in [5, 5.41) is 4.63. The Hall–Kier alpha value is -1.05. The molecule has 0 spiro atoms. The molecule has 3 rings (SSSR count). The summed E-state index contributed by atoms with van der Waals surface area (Å²) < 4.78 is 1.94. The Labute approximate surface area is 78.3 Å². The minimum atomic E-state index is 0.844. The van der Waals surface area contributed by atoms with E-state index in [1.807, 2.05) is 29.2 Å². The van der Waals surface area contributed by atoms with Crippen LogP contribution in [0.4, 0.5) is 0 Å². The van der Waals surface area contributed by atoms with Crippen LogP contribution in [0.2, 0.25) is 0 Å². The Kier molecular flexibility index (Phi) is 1.54. The summed E-state index contributed by atoms with van der Waals surface area (Å²) in [5.74, 6) is 1.83. The molecular formula is C11H14N2. The van der Waals surface area contributed by atoms with Crippen molar-refractivity contribution in [2.45, 2.75) is 25.7 Å². The van der Waals surface area contributed by atoms with E-state index in [1.54, 1.807) is 0 Å². The minimum Gasteiger partial charge on any atom is -0.248 e. The van der Waals surface area contributed by atoms with Crippen molar-refractivity contribution in [2.24, 2.45) is 16.9 Å². The zero-order valence-corrected chi connectivity index (χ0v) is 7.69. The molecule has 2 atom stereocenters. The first-order valence-corrected chi connectivity index (χ1v) is 5.14. The maximum Gasteiger partial charge on any atom is 0.0422 e. The standard InChI is InChI=1S/C11H14N2/c1-2-7-13(6-1)12-11-5-3-4-9-8-10(9)11/h1-2,6-7,9-10H,3-5,8H2/b12-11-/t9-,10+/m0/s1. The summed E-state index contributed by atoms with van der Waals surface area (Å²) in [7, 11) is 0. The Bertz CT molecular complexity index is 324. The lowest BCUT2D eigenvalue weighted by molar-refractivity contribution is 0.621. The van der Waals surface area contributed by atoms with Gasteiger partial charge in [-0.05, 0) is 43.7 Å². The lowest BCUT2D eigenvalue weighted by Crippen LogP contribution is -2.10. The number of fused-ring (bicyclic) bond motifs is 1. The first-order chi connectivity index (χ1) is 6.43. The molecule has 1 heterocycles. The highest BCUT2D eigenvalue weighted by Crippen LogP contribution is 2.47. The van der Waals surface area contributed by atoms with Gasteiger partial charge in [0.2, 0.25) is 0 Å². The van der Waals surface area contributed by atoms with Gasteiger partial charge < -0.3 is 0 Å². The van der Waals surface area contributed by atoms with Crippen LogP contribution < -0.4 is 0 Å². The lowest BCUT2D eigenvalue weighted by Gasteiger charge is -2.11. The summed E-state index contributed by atoms with van der Waals surface area (Å²) >= 11 is 0. The quantitative estimate of drug-likeness (QED) is 0.622. The van der Waals surface area contributed by atoms with E-state index in [-0.39, 0.29) is 0 Å². The molecule has 0 radical (unpaired) electrons. The molecule has 1 aromatic heterocycles. The van der Waals surface area contributed by atoms with E-state index in [2.05, 4.69) is 5.10 Å². The van der Waals surface area contributed by atoms with Gasteiger partial charge in [0, 0.05) is 24.0 Å². The second kappa shape index (κ2) is 2.72. The van der Waals surface area contributed by atoms with Crippen LogP contribution in [-0.4, -0.2) is 10.4 Å². The van der Waals surface area contributed by atoms with Crippen LogP contribution in [0.1, 0.15) is 25.7 Å². The van der Waals surface area contributed by atoms with E-state index >= 15 is 0 Å². The molecule has 2 aliphatic carbocycles. The number of rotatable bonds is 1. The fraction of sp³-hybridized carbons (Fsp3) is 0.545. The van der Waals surface area contributed by atoms with Crippen LogP contribution in [0, 0.1) is 11.8 Å². The van der Waals surface area contributed by atoms with Crippen LogP contribution in [0.5, 0.6) is 0 Å². The Morgan fingerprint density at radius 2 is 2.15 bits per heavy atom. The first-order valence-electron chi connectivity index (χ1n) is 5.14. The molecule has 0 aromatic carbocycles. The van der Waals surface area contributed by atoms with Gasteiger partial charge in [-0.2, -0.15) is 5.10 Å². The van der Waals surface area contributed by atoms with E-state index in [4.69, 9.17) is 0 Å². The maximum absolute atomic E-state index is 4.63. The van der Waals surface area contributed by atoms with Crippen molar-refractivity contribution in [3.05, 3.63) is 24.5 Å². The summed E-state index contributed by atoms with van der Waals surface area (Å²) in [5.41, 5.74) is 1.44. The van der Waals surface area contributed by atoms with E-state index < -0.39 is 0 Å². The molecule has 13 heavy (non-hydrogen) atoms. The molecule has 2 aliphatic rings. The predicted octanol–water partition coefficient (Wildman–Crippen LogP) is 2.51. The van der Waals surface area contributed by atoms with Gasteiger partial charge in [-0.3, -0.25) is 0 Å². The average Bonchev–Trinajstić information content (AvgIpc) is 2.77. The fourth-order valence-electron chi connectivity index (χ4n) is 2.37. The molecule has 2 fully saturated rings. The van der Waals surface area contributed by atoms with Crippen LogP contribution in [0.15, 0.2) is 29.6 Å². The molecular weight excluding hydrogens is 160 g/mol. The van der Waals surface area contributed by atoms with E-state index in [9.17, 15) is 0 Å². The Morgan fingerprint density at radius 1 is 1.31 bits per heavy atom. The number of aromatic nitrogens is 1. The van der Waals surface area contributed by atoms with Crippen molar-refractivity contribution in [3.63, 3.8) is 0 Å². The van der Waals surface area contributed by atoms with Crippen LogP contribution in [0.25, 0.3) is 0 Å². The largest absolute Gasteiger partial charge is 0.248 e. The number of hydrogen-bond acceptors (Lipinski definition) is 1. The van der Waals surface area contributed by atoms with E-state index in [0.29, 0.717) is 0 Å². The van der Waals surface area contributed by atoms with Crippen molar-refractivity contribution in [2.75, 3.05) is 0 Å². The zero-order valence-electron chi connectivity index (χ0n) is 7.69. The van der Waals surface area contributed by atoms with Crippen molar-refractivity contribution in [1.82, 2.24) is 4.68 Å². The summed E-state index contributed by atoms with van der Waals surface area (Å²) in [4.78, 5) is 0. The topological polar surface area (TPSA) is 17.3 Å². The third kappa shape index (κ3) is 1.30. The second-order valence-electron chi connectivity index (χ2n) is 4.15. The Morgan fingerprint density at radius 3 is 3.00 bits per heavy atom. The van der Waals surface area contributed by atoms with Crippen LogP contribution in [0.3, 0.4) is 0 Å². The SMILES string of the molecule is c1ccn(/N=C2/CCC[C@H]3C[C@@H]23)c1. The fourth-order valence-corrected chi connectivity index (χ4v) is 2.37. The van der Waals surface area contributed by atoms with Gasteiger partial charge in [-0.25, -0.2) is 4.68 Å². The van der Waals surface area contributed by atoms with Gasteiger partial charge in [0.25, 0.3) is 0 Å². The highest BCUT2D eigenvalue weighted by atomic mass is 15.3. The molecule has 0 aliphatic heterocycles. The smallest absolute Gasteiger partial charge is 0.0422 e. The van der Waals surface area contributed by atoms with Gasteiger partial charge in [0.1, 0.15) is 0 Å². The van der Waals surface area contributed by atoms with Gasteiger partial charge >= 0.3 is 0 Å². The molecule has 0 amide bonds.